The Morgan fingerprint density at radius 1 is 1.33 bits per heavy atom. The fourth-order valence-corrected chi connectivity index (χ4v) is 2.43. The molecule has 2 rings (SSSR count). The van der Waals surface area contributed by atoms with Crippen molar-refractivity contribution in [2.45, 2.75) is 31.7 Å². The number of nitrogen functional groups attached to an aromatic ring is 1. The zero-order valence-electron chi connectivity index (χ0n) is 12.1. The lowest BCUT2D eigenvalue weighted by Crippen LogP contribution is -2.35. The van der Waals surface area contributed by atoms with Crippen LogP contribution < -0.4 is 15.8 Å². The van der Waals surface area contributed by atoms with Crippen molar-refractivity contribution >= 4 is 17.6 Å². The summed E-state index contributed by atoms with van der Waals surface area (Å²) in [6, 6.07) is 4.89. The van der Waals surface area contributed by atoms with E-state index in [-0.39, 0.29) is 24.1 Å². The number of methoxy groups -OCH3 is 1. The highest BCUT2D eigenvalue weighted by molar-refractivity contribution is 5.95. The number of hydrogen-bond donors (Lipinski definition) is 2. The Morgan fingerprint density at radius 3 is 2.71 bits per heavy atom. The highest BCUT2D eigenvalue weighted by Gasteiger charge is 2.19. The van der Waals surface area contributed by atoms with Crippen LogP contribution in [0.5, 0.6) is 5.75 Å². The summed E-state index contributed by atoms with van der Waals surface area (Å²) in [4.78, 5) is 23.7. The van der Waals surface area contributed by atoms with Crippen LogP contribution in [-0.2, 0) is 9.53 Å². The van der Waals surface area contributed by atoms with Gasteiger partial charge in [-0.05, 0) is 31.0 Å². The maximum atomic E-state index is 12.0. The molecule has 1 aliphatic carbocycles. The molecule has 0 aliphatic heterocycles. The molecule has 3 N–H and O–H groups in total. The number of carbonyl (C=O) groups is 2. The molecule has 1 fully saturated rings. The topological polar surface area (TPSA) is 90.7 Å². The van der Waals surface area contributed by atoms with Gasteiger partial charge in [-0.3, -0.25) is 4.79 Å². The van der Waals surface area contributed by atoms with E-state index in [4.69, 9.17) is 15.2 Å². The van der Waals surface area contributed by atoms with E-state index in [0.29, 0.717) is 11.4 Å². The number of nitrogens with one attached hydrogen (secondary N) is 1. The van der Waals surface area contributed by atoms with Gasteiger partial charge in [0.1, 0.15) is 11.3 Å². The number of esters is 1. The molecule has 1 aliphatic rings. The average Bonchev–Trinajstić information content (AvgIpc) is 2.97. The van der Waals surface area contributed by atoms with Crippen LogP contribution in [0.2, 0.25) is 0 Å². The van der Waals surface area contributed by atoms with E-state index in [0.717, 1.165) is 25.7 Å². The maximum Gasteiger partial charge on any atom is 0.342 e. The smallest absolute Gasteiger partial charge is 0.342 e. The molecule has 0 heterocycles. The number of rotatable bonds is 5. The van der Waals surface area contributed by atoms with Gasteiger partial charge in [0.2, 0.25) is 0 Å². The summed E-state index contributed by atoms with van der Waals surface area (Å²) in [6.07, 6.45) is 4.24. The first-order valence-electron chi connectivity index (χ1n) is 7.00. The summed E-state index contributed by atoms with van der Waals surface area (Å²) in [5.74, 6) is -0.538. The Morgan fingerprint density at radius 2 is 2.05 bits per heavy atom. The minimum atomic E-state index is -0.624. The third kappa shape index (κ3) is 4.11. The van der Waals surface area contributed by atoms with Crippen molar-refractivity contribution in [2.24, 2.45) is 0 Å². The van der Waals surface area contributed by atoms with Crippen molar-refractivity contribution in [3.05, 3.63) is 23.8 Å². The summed E-state index contributed by atoms with van der Waals surface area (Å²) in [6.45, 7) is -0.298. The van der Waals surface area contributed by atoms with E-state index >= 15 is 0 Å². The molecular weight excluding hydrogens is 272 g/mol. The monoisotopic (exact) mass is 292 g/mol. The summed E-state index contributed by atoms with van der Waals surface area (Å²) in [7, 11) is 1.45. The van der Waals surface area contributed by atoms with E-state index < -0.39 is 5.97 Å². The van der Waals surface area contributed by atoms with Crippen molar-refractivity contribution in [1.82, 2.24) is 5.32 Å². The second-order valence-corrected chi connectivity index (χ2v) is 5.08. The number of nitrogens with two attached hydrogens (primary N) is 1. The van der Waals surface area contributed by atoms with Gasteiger partial charge < -0.3 is 20.5 Å². The molecule has 6 heteroatoms. The number of carbonyl (C=O) groups excluding carboxylic acids is 2. The lowest BCUT2D eigenvalue weighted by molar-refractivity contribution is -0.124. The fourth-order valence-electron chi connectivity index (χ4n) is 2.43. The molecule has 6 nitrogen and oxygen atoms in total. The quantitative estimate of drug-likeness (QED) is 0.634. The van der Waals surface area contributed by atoms with E-state index in [1.54, 1.807) is 12.1 Å². The van der Waals surface area contributed by atoms with Gasteiger partial charge >= 0.3 is 5.97 Å². The molecule has 114 valence electrons. The molecule has 1 amide bonds. The molecule has 0 bridgehead atoms. The van der Waals surface area contributed by atoms with Crippen LogP contribution in [0.4, 0.5) is 5.69 Å². The first kappa shape index (κ1) is 15.2. The van der Waals surface area contributed by atoms with E-state index in [2.05, 4.69) is 5.32 Å². The van der Waals surface area contributed by atoms with Gasteiger partial charge in [0.25, 0.3) is 5.91 Å². The number of hydrogen-bond acceptors (Lipinski definition) is 5. The second-order valence-electron chi connectivity index (χ2n) is 5.08. The minimum absolute atomic E-state index is 0.207. The Hall–Kier alpha value is -2.24. The van der Waals surface area contributed by atoms with Crippen molar-refractivity contribution in [3.8, 4) is 5.75 Å². The molecule has 0 unspecified atom stereocenters. The number of ether oxygens (including phenoxy) is 2. The molecule has 1 aromatic rings. The number of amides is 1. The maximum absolute atomic E-state index is 12.0. The summed E-state index contributed by atoms with van der Waals surface area (Å²) >= 11 is 0. The van der Waals surface area contributed by atoms with Crippen molar-refractivity contribution in [1.29, 1.82) is 0 Å². The van der Waals surface area contributed by atoms with Crippen LogP contribution in [0.1, 0.15) is 36.0 Å². The Balaban J connectivity index is 1.89. The molecule has 0 radical (unpaired) electrons. The second kappa shape index (κ2) is 6.97. The Labute approximate surface area is 123 Å². The highest BCUT2D eigenvalue weighted by Crippen LogP contribution is 2.22. The highest BCUT2D eigenvalue weighted by atomic mass is 16.5. The molecule has 0 spiro atoms. The molecule has 0 saturated heterocycles. The first-order valence-corrected chi connectivity index (χ1v) is 7.00. The van der Waals surface area contributed by atoms with Gasteiger partial charge in [0, 0.05) is 11.7 Å². The summed E-state index contributed by atoms with van der Waals surface area (Å²) in [5.41, 5.74) is 6.29. The van der Waals surface area contributed by atoms with Crippen molar-refractivity contribution < 1.29 is 19.1 Å². The molecule has 21 heavy (non-hydrogen) atoms. The van der Waals surface area contributed by atoms with Crippen LogP contribution in [0.3, 0.4) is 0 Å². The molecule has 0 aromatic heterocycles. The first-order chi connectivity index (χ1) is 10.1. The van der Waals surface area contributed by atoms with Gasteiger partial charge in [-0.15, -0.1) is 0 Å². The van der Waals surface area contributed by atoms with Crippen LogP contribution in [-0.4, -0.2) is 31.6 Å². The number of benzene rings is 1. The van der Waals surface area contributed by atoms with Crippen LogP contribution >= 0.6 is 0 Å². The Kier molecular flexibility index (Phi) is 5.03. The lowest BCUT2D eigenvalue weighted by atomic mass is 10.2. The van der Waals surface area contributed by atoms with Gasteiger partial charge in [-0.1, -0.05) is 12.8 Å². The third-order valence-electron chi connectivity index (χ3n) is 3.50. The number of anilines is 1. The lowest BCUT2D eigenvalue weighted by Gasteiger charge is -2.13. The van der Waals surface area contributed by atoms with Crippen molar-refractivity contribution in [2.75, 3.05) is 19.5 Å². The largest absolute Gasteiger partial charge is 0.496 e. The average molecular weight is 292 g/mol. The Bertz CT molecular complexity index is 524. The van der Waals surface area contributed by atoms with Crippen LogP contribution in [0.25, 0.3) is 0 Å². The molecular formula is C15H20N2O4. The summed E-state index contributed by atoms with van der Waals surface area (Å²) in [5, 5.41) is 2.85. The normalized spacial score (nSPS) is 14.7. The standard InChI is InChI=1S/C15H20N2O4/c1-20-13-7-6-10(16)8-12(13)15(19)21-9-14(18)17-11-4-2-3-5-11/h6-8,11H,2-5,9,16H2,1H3,(H,17,18). The van der Waals surface area contributed by atoms with E-state index in [9.17, 15) is 9.59 Å². The third-order valence-corrected chi connectivity index (χ3v) is 3.50. The zero-order valence-corrected chi connectivity index (χ0v) is 12.1. The molecule has 1 aromatic carbocycles. The molecule has 0 atom stereocenters. The van der Waals surface area contributed by atoms with E-state index in [1.165, 1.54) is 13.2 Å². The zero-order chi connectivity index (χ0) is 15.2. The predicted molar refractivity (Wildman–Crippen MR) is 78.1 cm³/mol. The summed E-state index contributed by atoms with van der Waals surface area (Å²) < 4.78 is 10.1. The van der Waals surface area contributed by atoms with E-state index in [1.807, 2.05) is 0 Å². The SMILES string of the molecule is COc1ccc(N)cc1C(=O)OCC(=O)NC1CCCC1. The van der Waals surface area contributed by atoms with Gasteiger partial charge in [0.05, 0.1) is 7.11 Å². The predicted octanol–water partition coefficient (Wildman–Crippen LogP) is 1.49. The van der Waals surface area contributed by atoms with Crippen LogP contribution in [0, 0.1) is 0 Å². The molecule has 1 saturated carbocycles. The fraction of sp³-hybridized carbons (Fsp3) is 0.467. The minimum Gasteiger partial charge on any atom is -0.496 e. The van der Waals surface area contributed by atoms with Crippen molar-refractivity contribution in [3.63, 3.8) is 0 Å². The van der Waals surface area contributed by atoms with Crippen LogP contribution in [0.15, 0.2) is 18.2 Å². The van der Waals surface area contributed by atoms with Gasteiger partial charge in [0.15, 0.2) is 6.61 Å². The van der Waals surface area contributed by atoms with Gasteiger partial charge in [-0.25, -0.2) is 4.79 Å². The van der Waals surface area contributed by atoms with Gasteiger partial charge in [-0.2, -0.15) is 0 Å².